The minimum Gasteiger partial charge on any atom is -0.467 e. The maximum absolute atomic E-state index is 11.7. The van der Waals surface area contributed by atoms with E-state index in [9.17, 15) is 23.1 Å². The Balaban J connectivity index is 2.17. The van der Waals surface area contributed by atoms with Gasteiger partial charge < -0.3 is 19.6 Å². The summed E-state index contributed by atoms with van der Waals surface area (Å²) in [5.41, 5.74) is 0. The zero-order valence-corrected chi connectivity index (χ0v) is 9.24. The fraction of sp³-hybridized carbons (Fsp3) is 0.500. The first-order valence-corrected chi connectivity index (χ1v) is 5.01. The lowest BCUT2D eigenvalue weighted by atomic mass is 10.3. The molecule has 0 saturated carbocycles. The fourth-order valence-electron chi connectivity index (χ4n) is 1.10. The van der Waals surface area contributed by atoms with Gasteiger partial charge in [-0.1, -0.05) is 0 Å². The van der Waals surface area contributed by atoms with E-state index >= 15 is 0 Å². The highest BCUT2D eigenvalue weighted by molar-refractivity contribution is 5.77. The molecule has 1 heterocycles. The van der Waals surface area contributed by atoms with Gasteiger partial charge in [-0.3, -0.25) is 4.79 Å². The van der Waals surface area contributed by atoms with E-state index in [-0.39, 0.29) is 12.3 Å². The number of ether oxygens (including phenoxy) is 1. The molecule has 2 N–H and O–H groups in total. The molecule has 0 aromatic carbocycles. The fourth-order valence-corrected chi connectivity index (χ4v) is 1.10. The number of aliphatic hydroxyl groups is 1. The zero-order chi connectivity index (χ0) is 13.6. The molecule has 0 aliphatic carbocycles. The van der Waals surface area contributed by atoms with Crippen LogP contribution < -0.4 is 5.32 Å². The lowest BCUT2D eigenvalue weighted by molar-refractivity contribution is -0.175. The average molecular weight is 267 g/mol. The van der Waals surface area contributed by atoms with Crippen molar-refractivity contribution >= 4 is 5.91 Å². The van der Waals surface area contributed by atoms with Crippen molar-refractivity contribution in [1.82, 2.24) is 5.32 Å². The Morgan fingerprint density at radius 1 is 1.56 bits per heavy atom. The van der Waals surface area contributed by atoms with Gasteiger partial charge in [-0.15, -0.1) is 0 Å². The second-order valence-corrected chi connectivity index (χ2v) is 3.44. The first-order valence-electron chi connectivity index (χ1n) is 5.01. The van der Waals surface area contributed by atoms with Gasteiger partial charge in [-0.25, -0.2) is 0 Å². The molecule has 5 nitrogen and oxygen atoms in total. The third-order valence-corrected chi connectivity index (χ3v) is 1.86. The van der Waals surface area contributed by atoms with Crippen molar-refractivity contribution in [3.63, 3.8) is 0 Å². The Kier molecular flexibility index (Phi) is 5.17. The lowest BCUT2D eigenvalue weighted by Crippen LogP contribution is -2.32. The summed E-state index contributed by atoms with van der Waals surface area (Å²) in [7, 11) is 0. The van der Waals surface area contributed by atoms with E-state index in [4.69, 9.17) is 4.42 Å². The second-order valence-electron chi connectivity index (χ2n) is 3.44. The van der Waals surface area contributed by atoms with Crippen LogP contribution in [0.3, 0.4) is 0 Å². The molecule has 1 aromatic rings. The maximum atomic E-state index is 11.7. The summed E-state index contributed by atoms with van der Waals surface area (Å²) >= 11 is 0. The van der Waals surface area contributed by atoms with Crippen LogP contribution in [0.5, 0.6) is 0 Å². The SMILES string of the molecule is O=C(COCC(F)(F)F)NCC(O)c1ccco1. The zero-order valence-electron chi connectivity index (χ0n) is 9.24. The highest BCUT2D eigenvalue weighted by atomic mass is 19.4. The van der Waals surface area contributed by atoms with Crippen molar-refractivity contribution < 1.29 is 32.2 Å². The molecule has 1 amide bonds. The minimum absolute atomic E-state index is 0.165. The third-order valence-electron chi connectivity index (χ3n) is 1.86. The van der Waals surface area contributed by atoms with Crippen molar-refractivity contribution in [3.8, 4) is 0 Å². The highest BCUT2D eigenvalue weighted by Crippen LogP contribution is 2.14. The van der Waals surface area contributed by atoms with Crippen LogP contribution in [0, 0.1) is 0 Å². The highest BCUT2D eigenvalue weighted by Gasteiger charge is 2.27. The average Bonchev–Trinajstić information content (AvgIpc) is 2.77. The standard InChI is InChI=1S/C10H12F3NO4/c11-10(12,13)6-17-5-9(16)14-4-7(15)8-2-1-3-18-8/h1-3,7,15H,4-6H2,(H,14,16). The van der Waals surface area contributed by atoms with Gasteiger partial charge in [0.1, 0.15) is 25.1 Å². The largest absolute Gasteiger partial charge is 0.467 e. The van der Waals surface area contributed by atoms with Gasteiger partial charge >= 0.3 is 6.18 Å². The molecule has 1 atom stereocenters. The number of hydrogen-bond donors (Lipinski definition) is 2. The lowest BCUT2D eigenvalue weighted by Gasteiger charge is -2.10. The first kappa shape index (κ1) is 14.5. The molecule has 0 radical (unpaired) electrons. The molecule has 0 saturated heterocycles. The number of hydrogen-bond acceptors (Lipinski definition) is 4. The molecule has 0 fully saturated rings. The molecule has 0 aliphatic rings. The summed E-state index contributed by atoms with van der Waals surface area (Å²) in [6.45, 7) is -2.37. The molecule has 0 aliphatic heterocycles. The third kappa shape index (κ3) is 5.69. The Hall–Kier alpha value is -1.54. The van der Waals surface area contributed by atoms with Gasteiger partial charge in [0.25, 0.3) is 0 Å². The number of rotatable bonds is 6. The van der Waals surface area contributed by atoms with Gasteiger partial charge in [0, 0.05) is 0 Å². The van der Waals surface area contributed by atoms with Crippen molar-refractivity contribution in [1.29, 1.82) is 0 Å². The molecule has 18 heavy (non-hydrogen) atoms. The van der Waals surface area contributed by atoms with E-state index in [0.29, 0.717) is 0 Å². The van der Waals surface area contributed by atoms with Crippen LogP contribution in [0.25, 0.3) is 0 Å². The summed E-state index contributed by atoms with van der Waals surface area (Å²) in [4.78, 5) is 11.1. The van der Waals surface area contributed by atoms with Crippen molar-refractivity contribution in [3.05, 3.63) is 24.2 Å². The normalized spacial score (nSPS) is 13.3. The van der Waals surface area contributed by atoms with Crippen LogP contribution in [0.2, 0.25) is 0 Å². The number of carbonyl (C=O) groups is 1. The van der Waals surface area contributed by atoms with Crippen molar-refractivity contribution in [2.75, 3.05) is 19.8 Å². The van der Waals surface area contributed by atoms with E-state index in [1.807, 2.05) is 0 Å². The predicted molar refractivity (Wildman–Crippen MR) is 53.6 cm³/mol. The van der Waals surface area contributed by atoms with E-state index in [1.54, 1.807) is 6.07 Å². The molecular weight excluding hydrogens is 255 g/mol. The minimum atomic E-state index is -4.46. The number of carbonyl (C=O) groups excluding carboxylic acids is 1. The first-order chi connectivity index (χ1) is 8.38. The molecule has 0 spiro atoms. The van der Waals surface area contributed by atoms with Crippen LogP contribution in [0.1, 0.15) is 11.9 Å². The molecule has 1 rings (SSSR count). The molecule has 8 heteroatoms. The summed E-state index contributed by atoms with van der Waals surface area (Å²) in [5.74, 6) is -0.489. The number of nitrogens with one attached hydrogen (secondary N) is 1. The van der Waals surface area contributed by atoms with Crippen LogP contribution in [0.4, 0.5) is 13.2 Å². The Morgan fingerprint density at radius 3 is 2.83 bits per heavy atom. The number of halogens is 3. The number of alkyl halides is 3. The topological polar surface area (TPSA) is 71.7 Å². The van der Waals surface area contributed by atoms with Crippen molar-refractivity contribution in [2.24, 2.45) is 0 Å². The summed E-state index contributed by atoms with van der Waals surface area (Å²) in [6.07, 6.45) is -4.16. The van der Waals surface area contributed by atoms with Gasteiger partial charge in [0.05, 0.1) is 12.8 Å². The smallest absolute Gasteiger partial charge is 0.411 e. The molecule has 1 unspecified atom stereocenters. The van der Waals surface area contributed by atoms with Gasteiger partial charge in [0.15, 0.2) is 0 Å². The number of aliphatic hydroxyl groups excluding tert-OH is 1. The van der Waals surface area contributed by atoms with Crippen LogP contribution in [-0.4, -0.2) is 36.9 Å². The number of amides is 1. The Morgan fingerprint density at radius 2 is 2.28 bits per heavy atom. The Labute approximate surface area is 101 Å². The van der Waals surface area contributed by atoms with E-state index in [0.717, 1.165) is 0 Å². The van der Waals surface area contributed by atoms with Crippen LogP contribution >= 0.6 is 0 Å². The maximum Gasteiger partial charge on any atom is 0.411 e. The predicted octanol–water partition coefficient (Wildman–Crippen LogP) is 1.01. The van der Waals surface area contributed by atoms with Crippen molar-refractivity contribution in [2.45, 2.75) is 12.3 Å². The summed E-state index contributed by atoms with van der Waals surface area (Å²) in [5, 5.41) is 11.7. The number of furan rings is 1. The molecule has 1 aromatic heterocycles. The molecule has 102 valence electrons. The van der Waals surface area contributed by atoms with E-state index in [1.165, 1.54) is 12.3 Å². The summed E-state index contributed by atoms with van der Waals surface area (Å²) in [6, 6.07) is 3.07. The molecular formula is C10H12F3NO4. The van der Waals surface area contributed by atoms with Crippen LogP contribution in [-0.2, 0) is 9.53 Å². The van der Waals surface area contributed by atoms with E-state index in [2.05, 4.69) is 10.1 Å². The van der Waals surface area contributed by atoms with Gasteiger partial charge in [-0.2, -0.15) is 13.2 Å². The molecule has 0 bridgehead atoms. The quantitative estimate of drug-likeness (QED) is 0.806. The van der Waals surface area contributed by atoms with Gasteiger partial charge in [0.2, 0.25) is 5.91 Å². The van der Waals surface area contributed by atoms with E-state index < -0.39 is 31.4 Å². The van der Waals surface area contributed by atoms with Crippen LogP contribution in [0.15, 0.2) is 22.8 Å². The Bertz CT molecular complexity index is 364. The summed E-state index contributed by atoms with van der Waals surface area (Å²) < 4.78 is 44.1. The second kappa shape index (κ2) is 6.41. The monoisotopic (exact) mass is 267 g/mol. The van der Waals surface area contributed by atoms with Gasteiger partial charge in [-0.05, 0) is 12.1 Å².